The van der Waals surface area contributed by atoms with E-state index in [0.717, 1.165) is 36.1 Å². The number of carbonyl (C=O) groups is 1. The Hall–Kier alpha value is -1.78. The third kappa shape index (κ3) is 3.16. The van der Waals surface area contributed by atoms with Gasteiger partial charge in [-0.3, -0.25) is 4.68 Å². The Balaban J connectivity index is 2.32. The zero-order valence-corrected chi connectivity index (χ0v) is 11.8. The number of carboxylic acid groups (broad SMARTS) is 1. The summed E-state index contributed by atoms with van der Waals surface area (Å²) >= 11 is 0. The molecule has 1 N–H and O–H groups in total. The molecule has 0 saturated heterocycles. The fraction of sp³-hybridized carbons (Fsp3) is 0.571. The molecule has 0 atom stereocenters. The van der Waals surface area contributed by atoms with E-state index in [1.54, 1.807) is 6.08 Å². The van der Waals surface area contributed by atoms with Crippen LogP contribution in [0.5, 0.6) is 0 Å². The van der Waals surface area contributed by atoms with E-state index in [2.05, 4.69) is 16.9 Å². The van der Waals surface area contributed by atoms with Gasteiger partial charge in [0.25, 0.3) is 0 Å². The van der Waals surface area contributed by atoms with Crippen molar-refractivity contribution in [1.82, 2.24) is 9.78 Å². The van der Waals surface area contributed by atoms with Crippen LogP contribution in [-0.2, 0) is 11.8 Å². The van der Waals surface area contributed by atoms with Crippen molar-refractivity contribution in [3.63, 3.8) is 0 Å². The number of anilines is 1. The molecule has 2 rings (SSSR count). The van der Waals surface area contributed by atoms with Crippen LogP contribution in [0, 0.1) is 12.8 Å². The van der Waals surface area contributed by atoms with Crippen LogP contribution in [0.4, 0.5) is 5.82 Å². The number of carboxylic acids is 1. The first-order chi connectivity index (χ1) is 9.02. The van der Waals surface area contributed by atoms with Crippen LogP contribution < -0.4 is 4.90 Å². The van der Waals surface area contributed by atoms with Crippen molar-refractivity contribution >= 4 is 17.9 Å². The zero-order valence-electron chi connectivity index (χ0n) is 11.8. The van der Waals surface area contributed by atoms with Crippen LogP contribution >= 0.6 is 0 Å². The van der Waals surface area contributed by atoms with E-state index in [9.17, 15) is 4.79 Å². The highest BCUT2D eigenvalue weighted by Gasteiger charge is 2.26. The van der Waals surface area contributed by atoms with Gasteiger partial charge >= 0.3 is 5.97 Å². The van der Waals surface area contributed by atoms with E-state index in [1.165, 1.54) is 18.9 Å². The van der Waals surface area contributed by atoms with Gasteiger partial charge < -0.3 is 10.0 Å². The topological polar surface area (TPSA) is 58.4 Å². The molecule has 0 amide bonds. The van der Waals surface area contributed by atoms with Crippen LogP contribution in [0.3, 0.4) is 0 Å². The molecule has 104 valence electrons. The molecule has 0 spiro atoms. The second kappa shape index (κ2) is 5.47. The summed E-state index contributed by atoms with van der Waals surface area (Å²) in [6.45, 7) is 5.97. The van der Waals surface area contributed by atoms with Crippen molar-refractivity contribution in [2.75, 3.05) is 18.0 Å². The van der Waals surface area contributed by atoms with Gasteiger partial charge in [-0.25, -0.2) is 4.79 Å². The van der Waals surface area contributed by atoms with Gasteiger partial charge in [0.1, 0.15) is 5.82 Å². The average molecular weight is 263 g/mol. The Morgan fingerprint density at radius 3 is 2.79 bits per heavy atom. The highest BCUT2D eigenvalue weighted by molar-refractivity contribution is 5.87. The Morgan fingerprint density at radius 2 is 2.26 bits per heavy atom. The van der Waals surface area contributed by atoms with Crippen LogP contribution in [0.25, 0.3) is 6.08 Å². The van der Waals surface area contributed by atoms with Crippen molar-refractivity contribution in [2.24, 2.45) is 13.0 Å². The lowest BCUT2D eigenvalue weighted by molar-refractivity contribution is -0.131. The predicted molar refractivity (Wildman–Crippen MR) is 75.2 cm³/mol. The largest absolute Gasteiger partial charge is 0.478 e. The molecule has 1 aliphatic carbocycles. The predicted octanol–water partition coefficient (Wildman–Crippen LogP) is 2.06. The standard InChI is InChI=1S/C14H21N3O2/c1-4-17(9-11-5-6-11)14-12(7-8-13(18)19)10(2)15-16(14)3/h7-8,11H,4-6,9H2,1-3H3,(H,18,19). The molecule has 5 heteroatoms. The number of aromatic nitrogens is 2. The minimum atomic E-state index is -0.931. The van der Waals surface area contributed by atoms with Gasteiger partial charge in [-0.05, 0) is 38.7 Å². The number of rotatable bonds is 6. The first-order valence-corrected chi connectivity index (χ1v) is 6.72. The lowest BCUT2D eigenvalue weighted by Crippen LogP contribution is -2.28. The maximum atomic E-state index is 10.7. The van der Waals surface area contributed by atoms with Crippen LogP contribution in [0.15, 0.2) is 6.08 Å². The van der Waals surface area contributed by atoms with Crippen LogP contribution in [-0.4, -0.2) is 33.9 Å². The van der Waals surface area contributed by atoms with E-state index >= 15 is 0 Å². The van der Waals surface area contributed by atoms with Crippen molar-refractivity contribution in [3.8, 4) is 0 Å². The van der Waals surface area contributed by atoms with Gasteiger partial charge in [0, 0.05) is 31.8 Å². The Kier molecular flexibility index (Phi) is 3.93. The smallest absolute Gasteiger partial charge is 0.328 e. The molecular formula is C14H21N3O2. The fourth-order valence-electron chi connectivity index (χ4n) is 2.36. The molecule has 5 nitrogen and oxygen atoms in total. The van der Waals surface area contributed by atoms with Crippen molar-refractivity contribution in [1.29, 1.82) is 0 Å². The van der Waals surface area contributed by atoms with Gasteiger partial charge in [0.05, 0.1) is 5.69 Å². The van der Waals surface area contributed by atoms with E-state index in [4.69, 9.17) is 5.11 Å². The summed E-state index contributed by atoms with van der Waals surface area (Å²) in [5.41, 5.74) is 1.77. The lowest BCUT2D eigenvalue weighted by Gasteiger charge is -2.23. The fourth-order valence-corrected chi connectivity index (χ4v) is 2.36. The second-order valence-electron chi connectivity index (χ2n) is 5.10. The molecule has 19 heavy (non-hydrogen) atoms. The SMILES string of the molecule is CCN(CC1CC1)c1c(C=CC(=O)O)c(C)nn1C. The quantitative estimate of drug-likeness (QED) is 0.798. The molecule has 0 aliphatic heterocycles. The normalized spacial score (nSPS) is 15.1. The highest BCUT2D eigenvalue weighted by atomic mass is 16.4. The maximum Gasteiger partial charge on any atom is 0.328 e. The number of aryl methyl sites for hydroxylation is 2. The molecule has 1 aromatic heterocycles. The van der Waals surface area contributed by atoms with Gasteiger partial charge in [0.2, 0.25) is 0 Å². The minimum Gasteiger partial charge on any atom is -0.478 e. The Morgan fingerprint density at radius 1 is 1.58 bits per heavy atom. The van der Waals surface area contributed by atoms with E-state index in [1.807, 2.05) is 18.7 Å². The summed E-state index contributed by atoms with van der Waals surface area (Å²) < 4.78 is 1.85. The molecule has 1 aromatic rings. The third-order valence-corrected chi connectivity index (χ3v) is 3.49. The minimum absolute atomic E-state index is 0.784. The molecule has 0 radical (unpaired) electrons. The molecule has 1 fully saturated rings. The first kappa shape index (κ1) is 13.6. The molecular weight excluding hydrogens is 242 g/mol. The first-order valence-electron chi connectivity index (χ1n) is 6.72. The maximum absolute atomic E-state index is 10.7. The summed E-state index contributed by atoms with van der Waals surface area (Å²) in [5.74, 6) is 0.871. The van der Waals surface area contributed by atoms with E-state index in [0.29, 0.717) is 0 Å². The molecule has 1 saturated carbocycles. The van der Waals surface area contributed by atoms with Gasteiger partial charge in [0.15, 0.2) is 0 Å². The summed E-state index contributed by atoms with van der Waals surface area (Å²) in [4.78, 5) is 13.0. The number of hydrogen-bond acceptors (Lipinski definition) is 3. The van der Waals surface area contributed by atoms with Crippen LogP contribution in [0.2, 0.25) is 0 Å². The lowest BCUT2D eigenvalue weighted by atomic mass is 10.2. The van der Waals surface area contributed by atoms with E-state index in [-0.39, 0.29) is 0 Å². The van der Waals surface area contributed by atoms with Crippen molar-refractivity contribution < 1.29 is 9.90 Å². The monoisotopic (exact) mass is 263 g/mol. The zero-order chi connectivity index (χ0) is 14.0. The summed E-state index contributed by atoms with van der Waals surface area (Å²) in [6, 6.07) is 0. The highest BCUT2D eigenvalue weighted by Crippen LogP contribution is 2.33. The molecule has 0 unspecified atom stereocenters. The van der Waals surface area contributed by atoms with Gasteiger partial charge in [-0.1, -0.05) is 0 Å². The Labute approximate surface area is 113 Å². The van der Waals surface area contributed by atoms with Gasteiger partial charge in [-0.15, -0.1) is 0 Å². The summed E-state index contributed by atoms with van der Waals surface area (Å²) in [7, 11) is 1.91. The number of nitrogens with zero attached hydrogens (tertiary/aromatic N) is 3. The second-order valence-corrected chi connectivity index (χ2v) is 5.10. The molecule has 1 aliphatic rings. The molecule has 1 heterocycles. The van der Waals surface area contributed by atoms with Crippen molar-refractivity contribution in [3.05, 3.63) is 17.3 Å². The van der Waals surface area contributed by atoms with Crippen LogP contribution in [0.1, 0.15) is 31.0 Å². The Bertz CT molecular complexity index is 501. The van der Waals surface area contributed by atoms with E-state index < -0.39 is 5.97 Å². The number of aliphatic carboxylic acids is 1. The number of hydrogen-bond donors (Lipinski definition) is 1. The summed E-state index contributed by atoms with van der Waals surface area (Å²) in [6.07, 6.45) is 5.43. The summed E-state index contributed by atoms with van der Waals surface area (Å²) in [5, 5.41) is 13.2. The van der Waals surface area contributed by atoms with Crippen molar-refractivity contribution in [2.45, 2.75) is 26.7 Å². The molecule has 0 bridgehead atoms. The average Bonchev–Trinajstić information content (AvgIpc) is 3.10. The molecule has 0 aromatic carbocycles. The third-order valence-electron chi connectivity index (χ3n) is 3.49. The van der Waals surface area contributed by atoms with Gasteiger partial charge in [-0.2, -0.15) is 5.10 Å².